The number of hydrogen-bond acceptors (Lipinski definition) is 4. The van der Waals surface area contributed by atoms with E-state index in [0.717, 1.165) is 18.4 Å². The summed E-state index contributed by atoms with van der Waals surface area (Å²) in [6, 6.07) is 1.41. The van der Waals surface area contributed by atoms with Gasteiger partial charge in [-0.3, -0.25) is 0 Å². The van der Waals surface area contributed by atoms with E-state index in [1.807, 2.05) is 0 Å². The molecule has 3 unspecified atom stereocenters. The van der Waals surface area contributed by atoms with Crippen molar-refractivity contribution >= 4 is 17.5 Å². The van der Waals surface area contributed by atoms with E-state index < -0.39 is 5.97 Å². The molecule has 2 saturated carbocycles. The molecule has 5 nitrogen and oxygen atoms in total. The number of nitrogen functional groups attached to an aromatic ring is 1. The molecule has 3 rings (SSSR count). The first-order valence-electron chi connectivity index (χ1n) is 6.86. The number of hydrogen-bond donors (Lipinski definition) is 3. The second-order valence-electron chi connectivity index (χ2n) is 5.78. The minimum atomic E-state index is -0.968. The summed E-state index contributed by atoms with van der Waals surface area (Å²) < 4.78 is 0. The van der Waals surface area contributed by atoms with Crippen molar-refractivity contribution in [2.75, 3.05) is 17.6 Å². The molecular formula is C14H19N3O2. The third-order valence-corrected chi connectivity index (χ3v) is 4.59. The average molecular weight is 261 g/mol. The molecule has 0 radical (unpaired) electrons. The highest BCUT2D eigenvalue weighted by Gasteiger charge is 2.39. The summed E-state index contributed by atoms with van der Waals surface area (Å²) >= 11 is 0. The van der Waals surface area contributed by atoms with Gasteiger partial charge in [0.2, 0.25) is 0 Å². The molecule has 0 saturated heterocycles. The van der Waals surface area contributed by atoms with Gasteiger partial charge in [0, 0.05) is 6.54 Å². The number of pyridine rings is 1. The molecule has 2 aliphatic carbocycles. The molecule has 0 spiro atoms. The Hall–Kier alpha value is -1.78. The van der Waals surface area contributed by atoms with Crippen molar-refractivity contribution in [3.8, 4) is 0 Å². The summed E-state index contributed by atoms with van der Waals surface area (Å²) in [5.74, 6) is 1.68. The van der Waals surface area contributed by atoms with E-state index in [1.165, 1.54) is 37.9 Å². The van der Waals surface area contributed by atoms with Crippen LogP contribution in [-0.4, -0.2) is 22.6 Å². The van der Waals surface area contributed by atoms with Gasteiger partial charge in [-0.05, 0) is 43.1 Å². The fourth-order valence-corrected chi connectivity index (χ4v) is 3.66. The van der Waals surface area contributed by atoms with Crippen LogP contribution in [0.25, 0.3) is 0 Å². The van der Waals surface area contributed by atoms with Crippen molar-refractivity contribution in [2.24, 2.45) is 17.8 Å². The van der Waals surface area contributed by atoms with Crippen molar-refractivity contribution in [3.05, 3.63) is 17.8 Å². The molecule has 1 aromatic heterocycles. The molecule has 2 bridgehead atoms. The fraction of sp³-hybridized carbons (Fsp3) is 0.571. The molecule has 102 valence electrons. The molecule has 2 fully saturated rings. The summed E-state index contributed by atoms with van der Waals surface area (Å²) in [5.41, 5.74) is 6.31. The average Bonchev–Trinajstić information content (AvgIpc) is 2.99. The summed E-state index contributed by atoms with van der Waals surface area (Å²) in [5, 5.41) is 12.4. The van der Waals surface area contributed by atoms with Crippen LogP contribution in [0.2, 0.25) is 0 Å². The monoisotopic (exact) mass is 261 g/mol. The zero-order chi connectivity index (χ0) is 13.4. The number of carboxylic acids is 1. The first-order valence-corrected chi connectivity index (χ1v) is 6.86. The van der Waals surface area contributed by atoms with Gasteiger partial charge in [-0.25, -0.2) is 9.78 Å². The zero-order valence-electron chi connectivity index (χ0n) is 10.8. The van der Waals surface area contributed by atoms with E-state index in [0.29, 0.717) is 11.6 Å². The maximum absolute atomic E-state index is 11.2. The Kier molecular flexibility index (Phi) is 3.05. The normalized spacial score (nSPS) is 28.5. The predicted octanol–water partition coefficient (Wildman–Crippen LogP) is 2.21. The van der Waals surface area contributed by atoms with Crippen LogP contribution in [-0.2, 0) is 0 Å². The van der Waals surface area contributed by atoms with Gasteiger partial charge in [0.15, 0.2) is 0 Å². The zero-order valence-corrected chi connectivity index (χ0v) is 10.8. The number of carboxylic acid groups (broad SMARTS) is 1. The van der Waals surface area contributed by atoms with Gasteiger partial charge in [-0.1, -0.05) is 6.42 Å². The first-order chi connectivity index (χ1) is 9.13. The molecule has 0 aromatic carbocycles. The largest absolute Gasteiger partial charge is 0.478 e. The van der Waals surface area contributed by atoms with Gasteiger partial charge in [-0.2, -0.15) is 0 Å². The number of nitrogens with zero attached hydrogens (tertiary/aromatic N) is 1. The fourth-order valence-electron chi connectivity index (χ4n) is 3.66. The molecule has 19 heavy (non-hydrogen) atoms. The predicted molar refractivity (Wildman–Crippen MR) is 73.0 cm³/mol. The maximum atomic E-state index is 11.2. The Bertz CT molecular complexity index is 503. The van der Waals surface area contributed by atoms with Crippen LogP contribution in [0.4, 0.5) is 11.5 Å². The highest BCUT2D eigenvalue weighted by molar-refractivity contribution is 5.94. The van der Waals surface area contributed by atoms with Crippen LogP contribution < -0.4 is 11.1 Å². The standard InChI is InChI=1S/C14H19N3O2/c15-13-5-11(14(18)19)12(7-17-13)16-6-10-4-8-1-2-9(10)3-8/h5,7-10,16H,1-4,6H2,(H2,15,17)(H,18,19). The SMILES string of the molecule is Nc1cc(C(=O)O)c(NCC2CC3CCC2C3)cn1. The van der Waals surface area contributed by atoms with Crippen molar-refractivity contribution in [1.82, 2.24) is 4.98 Å². The van der Waals surface area contributed by atoms with Gasteiger partial charge < -0.3 is 16.2 Å². The van der Waals surface area contributed by atoms with E-state index in [9.17, 15) is 4.79 Å². The van der Waals surface area contributed by atoms with E-state index in [4.69, 9.17) is 10.8 Å². The van der Waals surface area contributed by atoms with Crippen molar-refractivity contribution in [3.63, 3.8) is 0 Å². The minimum Gasteiger partial charge on any atom is -0.478 e. The molecule has 5 heteroatoms. The van der Waals surface area contributed by atoms with Crippen LogP contribution in [0.3, 0.4) is 0 Å². The second kappa shape index (κ2) is 4.72. The Morgan fingerprint density at radius 2 is 2.32 bits per heavy atom. The lowest BCUT2D eigenvalue weighted by Gasteiger charge is -2.22. The Balaban J connectivity index is 1.68. The summed E-state index contributed by atoms with van der Waals surface area (Å²) in [6.45, 7) is 0.840. The molecular weight excluding hydrogens is 242 g/mol. The van der Waals surface area contributed by atoms with Gasteiger partial charge in [0.1, 0.15) is 5.82 Å². The number of nitrogens with one attached hydrogen (secondary N) is 1. The Morgan fingerprint density at radius 3 is 2.95 bits per heavy atom. The van der Waals surface area contributed by atoms with Gasteiger partial charge in [0.25, 0.3) is 0 Å². The number of fused-ring (bicyclic) bond motifs is 2. The van der Waals surface area contributed by atoms with Gasteiger partial charge in [0.05, 0.1) is 17.4 Å². The Labute approximate surface area is 112 Å². The number of rotatable bonds is 4. The molecule has 4 N–H and O–H groups in total. The van der Waals surface area contributed by atoms with Crippen molar-refractivity contribution in [1.29, 1.82) is 0 Å². The lowest BCUT2D eigenvalue weighted by molar-refractivity contribution is 0.0698. The topological polar surface area (TPSA) is 88.2 Å². The minimum absolute atomic E-state index is 0.204. The van der Waals surface area contributed by atoms with Crippen LogP contribution in [0.1, 0.15) is 36.0 Å². The molecule has 0 amide bonds. The molecule has 2 aliphatic rings. The van der Waals surface area contributed by atoms with E-state index in [1.54, 1.807) is 0 Å². The molecule has 0 aliphatic heterocycles. The summed E-state index contributed by atoms with van der Waals surface area (Å²) in [7, 11) is 0. The third kappa shape index (κ3) is 2.37. The third-order valence-electron chi connectivity index (χ3n) is 4.59. The molecule has 3 atom stereocenters. The van der Waals surface area contributed by atoms with Crippen LogP contribution in [0, 0.1) is 17.8 Å². The molecule has 1 heterocycles. The quantitative estimate of drug-likeness (QED) is 0.773. The highest BCUT2D eigenvalue weighted by atomic mass is 16.4. The lowest BCUT2D eigenvalue weighted by atomic mass is 9.89. The van der Waals surface area contributed by atoms with Gasteiger partial charge >= 0.3 is 5.97 Å². The Morgan fingerprint density at radius 1 is 1.47 bits per heavy atom. The van der Waals surface area contributed by atoms with Crippen molar-refractivity contribution in [2.45, 2.75) is 25.7 Å². The van der Waals surface area contributed by atoms with Crippen LogP contribution in [0.15, 0.2) is 12.3 Å². The summed E-state index contributed by atoms with van der Waals surface area (Å²) in [4.78, 5) is 15.1. The van der Waals surface area contributed by atoms with Crippen LogP contribution >= 0.6 is 0 Å². The number of nitrogens with two attached hydrogens (primary N) is 1. The van der Waals surface area contributed by atoms with E-state index in [2.05, 4.69) is 10.3 Å². The van der Waals surface area contributed by atoms with E-state index in [-0.39, 0.29) is 11.4 Å². The lowest BCUT2D eigenvalue weighted by Crippen LogP contribution is -2.21. The number of aromatic carboxylic acids is 1. The number of aromatic nitrogens is 1. The maximum Gasteiger partial charge on any atom is 0.337 e. The molecule has 1 aromatic rings. The smallest absolute Gasteiger partial charge is 0.337 e. The summed E-state index contributed by atoms with van der Waals surface area (Å²) in [6.07, 6.45) is 6.88. The van der Waals surface area contributed by atoms with Crippen LogP contribution in [0.5, 0.6) is 0 Å². The highest BCUT2D eigenvalue weighted by Crippen LogP contribution is 2.48. The van der Waals surface area contributed by atoms with Gasteiger partial charge in [-0.15, -0.1) is 0 Å². The number of carbonyl (C=O) groups is 1. The van der Waals surface area contributed by atoms with E-state index >= 15 is 0 Å². The first kappa shape index (κ1) is 12.3. The number of anilines is 2. The second-order valence-corrected chi connectivity index (χ2v) is 5.78. The van der Waals surface area contributed by atoms with Crippen molar-refractivity contribution < 1.29 is 9.90 Å².